The number of thiazole rings is 1. The first-order valence-electron chi connectivity index (χ1n) is 8.40. The Kier molecular flexibility index (Phi) is 5.47. The van der Waals surface area contributed by atoms with E-state index in [2.05, 4.69) is 25.1 Å². The van der Waals surface area contributed by atoms with Gasteiger partial charge >= 0.3 is 0 Å². The number of pyridine rings is 1. The van der Waals surface area contributed by atoms with Crippen molar-refractivity contribution in [3.8, 4) is 0 Å². The Morgan fingerprint density at radius 3 is 2.55 bits per heavy atom. The number of hydrogen-bond donors (Lipinski definition) is 2. The molecule has 0 unspecified atom stereocenters. The van der Waals surface area contributed by atoms with Gasteiger partial charge in [-0.05, 0) is 29.8 Å². The zero-order chi connectivity index (χ0) is 20.3. The van der Waals surface area contributed by atoms with Crippen LogP contribution in [0.2, 0.25) is 5.02 Å². The minimum Gasteiger partial charge on any atom is -0.352 e. The summed E-state index contributed by atoms with van der Waals surface area (Å²) in [7, 11) is -3.77. The standard InChI is InChI=1S/C18H15ClN6O2S2/c19-14-3-1-13(2-4-14)11-25-12-16(10-22-25)23-15-5-6-17(21-9-15)29(26,27)24-18-20-7-8-28-18/h1-10,12,23H,11H2,(H,20,24). The van der Waals surface area contributed by atoms with Gasteiger partial charge < -0.3 is 5.32 Å². The van der Waals surface area contributed by atoms with Gasteiger partial charge in [-0.25, -0.2) is 9.97 Å². The van der Waals surface area contributed by atoms with Crippen LogP contribution < -0.4 is 10.0 Å². The summed E-state index contributed by atoms with van der Waals surface area (Å²) < 4.78 is 28.8. The van der Waals surface area contributed by atoms with Crippen LogP contribution in [0.4, 0.5) is 16.5 Å². The Hall–Kier alpha value is -2.95. The molecule has 1 aromatic carbocycles. The van der Waals surface area contributed by atoms with Crippen LogP contribution in [0.5, 0.6) is 0 Å². The molecule has 0 saturated heterocycles. The van der Waals surface area contributed by atoms with E-state index in [0.717, 1.165) is 11.3 Å². The molecule has 8 nitrogen and oxygen atoms in total. The van der Waals surface area contributed by atoms with Crippen LogP contribution in [-0.2, 0) is 16.6 Å². The van der Waals surface area contributed by atoms with Crippen LogP contribution in [0.3, 0.4) is 0 Å². The lowest BCUT2D eigenvalue weighted by Crippen LogP contribution is -2.14. The molecule has 0 spiro atoms. The molecule has 2 N–H and O–H groups in total. The van der Waals surface area contributed by atoms with Crippen molar-refractivity contribution in [1.29, 1.82) is 0 Å². The van der Waals surface area contributed by atoms with Crippen molar-refractivity contribution in [1.82, 2.24) is 19.7 Å². The van der Waals surface area contributed by atoms with Gasteiger partial charge in [-0.15, -0.1) is 11.3 Å². The molecule has 0 radical (unpaired) electrons. The van der Waals surface area contributed by atoms with E-state index < -0.39 is 10.0 Å². The van der Waals surface area contributed by atoms with Gasteiger partial charge in [0.2, 0.25) is 0 Å². The molecule has 4 rings (SSSR count). The van der Waals surface area contributed by atoms with Crippen molar-refractivity contribution in [3.05, 3.63) is 77.2 Å². The van der Waals surface area contributed by atoms with Gasteiger partial charge in [-0.3, -0.25) is 9.40 Å². The SMILES string of the molecule is O=S(=O)(Nc1nccs1)c1ccc(Nc2cnn(Cc3ccc(Cl)cc3)c2)cn1. The van der Waals surface area contributed by atoms with Crippen LogP contribution in [0.15, 0.2) is 71.6 Å². The van der Waals surface area contributed by atoms with Gasteiger partial charge in [0.1, 0.15) is 0 Å². The molecular weight excluding hydrogens is 432 g/mol. The molecule has 4 aromatic rings. The van der Waals surface area contributed by atoms with E-state index in [-0.39, 0.29) is 5.03 Å². The van der Waals surface area contributed by atoms with Crippen molar-refractivity contribution in [3.63, 3.8) is 0 Å². The Bertz CT molecular complexity index is 1190. The third kappa shape index (κ3) is 4.91. The highest BCUT2D eigenvalue weighted by Crippen LogP contribution is 2.20. The topological polar surface area (TPSA) is 102 Å². The van der Waals surface area contributed by atoms with Gasteiger partial charge in [0.25, 0.3) is 10.0 Å². The maximum atomic E-state index is 12.3. The van der Waals surface area contributed by atoms with Crippen LogP contribution in [0.1, 0.15) is 5.56 Å². The number of nitrogens with one attached hydrogen (secondary N) is 2. The summed E-state index contributed by atoms with van der Waals surface area (Å²) in [6.45, 7) is 0.608. The molecule has 11 heteroatoms. The van der Waals surface area contributed by atoms with E-state index in [1.807, 2.05) is 30.5 Å². The Labute approximate surface area is 176 Å². The van der Waals surface area contributed by atoms with Crippen LogP contribution in [-0.4, -0.2) is 28.2 Å². The van der Waals surface area contributed by atoms with E-state index in [9.17, 15) is 8.42 Å². The summed E-state index contributed by atoms with van der Waals surface area (Å²) >= 11 is 7.10. The highest BCUT2D eigenvalue weighted by atomic mass is 35.5. The summed E-state index contributed by atoms with van der Waals surface area (Å²) in [6.07, 6.45) is 6.51. The smallest absolute Gasteiger partial charge is 0.281 e. The maximum Gasteiger partial charge on any atom is 0.281 e. The quantitative estimate of drug-likeness (QED) is 0.445. The molecule has 0 aliphatic rings. The summed E-state index contributed by atoms with van der Waals surface area (Å²) in [4.78, 5) is 7.94. The average Bonchev–Trinajstić information content (AvgIpc) is 3.36. The van der Waals surface area contributed by atoms with E-state index in [0.29, 0.717) is 22.4 Å². The second-order valence-electron chi connectivity index (χ2n) is 6.01. The number of sulfonamides is 1. The van der Waals surface area contributed by atoms with Crippen LogP contribution in [0, 0.1) is 0 Å². The van der Waals surface area contributed by atoms with Crippen molar-refractivity contribution in [2.75, 3.05) is 10.0 Å². The number of hydrogen-bond acceptors (Lipinski definition) is 7. The number of rotatable bonds is 7. The predicted molar refractivity (Wildman–Crippen MR) is 113 cm³/mol. The molecule has 0 aliphatic heterocycles. The minimum absolute atomic E-state index is 0.0864. The van der Waals surface area contributed by atoms with E-state index in [1.165, 1.54) is 29.8 Å². The monoisotopic (exact) mass is 446 g/mol. The zero-order valence-corrected chi connectivity index (χ0v) is 17.2. The second kappa shape index (κ2) is 8.19. The van der Waals surface area contributed by atoms with Crippen LogP contribution in [0.25, 0.3) is 0 Å². The van der Waals surface area contributed by atoms with Crippen molar-refractivity contribution in [2.24, 2.45) is 0 Å². The largest absolute Gasteiger partial charge is 0.352 e. The molecule has 148 valence electrons. The third-order valence-electron chi connectivity index (χ3n) is 3.85. The van der Waals surface area contributed by atoms with Gasteiger partial charge in [0.15, 0.2) is 10.2 Å². The summed E-state index contributed by atoms with van der Waals surface area (Å²) in [5.74, 6) is 0. The Morgan fingerprint density at radius 2 is 1.86 bits per heavy atom. The summed E-state index contributed by atoms with van der Waals surface area (Å²) in [5, 5.41) is 10.1. The summed E-state index contributed by atoms with van der Waals surface area (Å²) in [6, 6.07) is 10.6. The molecule has 0 bridgehead atoms. The first-order valence-corrected chi connectivity index (χ1v) is 11.1. The van der Waals surface area contributed by atoms with Crippen molar-refractivity contribution in [2.45, 2.75) is 11.6 Å². The Morgan fingerprint density at radius 1 is 1.03 bits per heavy atom. The van der Waals surface area contributed by atoms with Crippen LogP contribution >= 0.6 is 22.9 Å². The fourth-order valence-electron chi connectivity index (χ4n) is 2.51. The van der Waals surface area contributed by atoms with Crippen molar-refractivity contribution < 1.29 is 8.42 Å². The van der Waals surface area contributed by atoms with Gasteiger partial charge in [0, 0.05) is 22.8 Å². The fourth-order valence-corrected chi connectivity index (χ4v) is 4.36. The number of halogens is 1. The van der Waals surface area contributed by atoms with E-state index in [4.69, 9.17) is 11.6 Å². The molecule has 0 atom stereocenters. The molecule has 0 aliphatic carbocycles. The number of aromatic nitrogens is 4. The fraction of sp³-hybridized carbons (Fsp3) is 0.0556. The summed E-state index contributed by atoms with van der Waals surface area (Å²) in [5.41, 5.74) is 2.48. The Balaban J connectivity index is 1.41. The number of anilines is 3. The predicted octanol–water partition coefficient (Wildman–Crippen LogP) is 3.98. The molecule has 3 heterocycles. The third-order valence-corrected chi connectivity index (χ3v) is 6.17. The average molecular weight is 447 g/mol. The normalized spacial score (nSPS) is 11.3. The van der Waals surface area contributed by atoms with Gasteiger partial charge in [-0.2, -0.15) is 13.5 Å². The molecule has 29 heavy (non-hydrogen) atoms. The molecular formula is C18H15ClN6O2S2. The lowest BCUT2D eigenvalue weighted by molar-refractivity contribution is 0.597. The minimum atomic E-state index is -3.77. The molecule has 3 aromatic heterocycles. The van der Waals surface area contributed by atoms with Crippen molar-refractivity contribution >= 4 is 49.5 Å². The van der Waals surface area contributed by atoms with Gasteiger partial charge in [-0.1, -0.05) is 23.7 Å². The van der Waals surface area contributed by atoms with E-state index >= 15 is 0 Å². The van der Waals surface area contributed by atoms with Gasteiger partial charge in [0.05, 0.1) is 30.3 Å². The van der Waals surface area contributed by atoms with E-state index in [1.54, 1.807) is 22.3 Å². The lowest BCUT2D eigenvalue weighted by atomic mass is 10.2. The lowest BCUT2D eigenvalue weighted by Gasteiger charge is -2.06. The highest BCUT2D eigenvalue weighted by molar-refractivity contribution is 7.92. The first kappa shape index (κ1) is 19.4. The second-order valence-corrected chi connectivity index (χ2v) is 8.97. The molecule has 0 amide bonds. The number of nitrogens with zero attached hydrogens (tertiary/aromatic N) is 4. The first-order chi connectivity index (χ1) is 14.0. The zero-order valence-electron chi connectivity index (χ0n) is 14.9. The molecule has 0 saturated carbocycles. The molecule has 0 fully saturated rings. The maximum absolute atomic E-state index is 12.3. The number of benzene rings is 1. The highest BCUT2D eigenvalue weighted by Gasteiger charge is 2.17.